The molecule has 1 saturated heterocycles. The highest BCUT2D eigenvalue weighted by Crippen LogP contribution is 2.26. The Morgan fingerprint density at radius 2 is 2.09 bits per heavy atom. The van der Waals surface area contributed by atoms with E-state index in [1.807, 2.05) is 6.07 Å². The van der Waals surface area contributed by atoms with Gasteiger partial charge in [0, 0.05) is 25.0 Å². The van der Waals surface area contributed by atoms with Gasteiger partial charge in [-0.15, -0.1) is 0 Å². The van der Waals surface area contributed by atoms with Crippen LogP contribution in [0.3, 0.4) is 0 Å². The van der Waals surface area contributed by atoms with E-state index in [4.69, 9.17) is 0 Å². The van der Waals surface area contributed by atoms with Crippen LogP contribution in [0.2, 0.25) is 0 Å². The number of halogens is 2. The van der Waals surface area contributed by atoms with Crippen LogP contribution in [0.5, 0.6) is 0 Å². The standard InChI is InChI=1S/C15H17F2N3O2S/c16-14-4-3-13(9-15(14)17)23(21,22)20-7-1-2-11(10-20)8-12-5-6-18-19-12/h3-6,9,11H,1-2,7-8,10H2,(H,18,19)/t11-/m1/s1. The summed E-state index contributed by atoms with van der Waals surface area (Å²) in [6, 6.07) is 4.55. The number of aromatic nitrogens is 2. The normalized spacial score (nSPS) is 19.8. The average molecular weight is 341 g/mol. The fourth-order valence-corrected chi connectivity index (χ4v) is 4.47. The number of nitrogens with zero attached hydrogens (tertiary/aromatic N) is 2. The Kier molecular flexibility index (Phi) is 4.45. The van der Waals surface area contributed by atoms with Gasteiger partial charge in [-0.2, -0.15) is 9.40 Å². The van der Waals surface area contributed by atoms with Crippen LogP contribution in [0.15, 0.2) is 35.4 Å². The molecule has 2 aromatic rings. The average Bonchev–Trinajstić information content (AvgIpc) is 3.03. The molecule has 0 aliphatic carbocycles. The number of H-pyrrole nitrogens is 1. The number of nitrogens with one attached hydrogen (secondary N) is 1. The zero-order valence-corrected chi connectivity index (χ0v) is 13.2. The predicted molar refractivity (Wildman–Crippen MR) is 80.1 cm³/mol. The maximum absolute atomic E-state index is 13.3. The van der Waals surface area contributed by atoms with Crippen LogP contribution in [0.4, 0.5) is 8.78 Å². The summed E-state index contributed by atoms with van der Waals surface area (Å²) in [5, 5.41) is 6.76. The van der Waals surface area contributed by atoms with E-state index < -0.39 is 21.7 Å². The van der Waals surface area contributed by atoms with E-state index >= 15 is 0 Å². The minimum atomic E-state index is -3.81. The quantitative estimate of drug-likeness (QED) is 0.928. The SMILES string of the molecule is O=S(=O)(c1ccc(F)c(F)c1)N1CCC[C@H](Cc2ccn[nH]2)C1. The monoisotopic (exact) mass is 341 g/mol. The highest BCUT2D eigenvalue weighted by Gasteiger charge is 2.31. The number of rotatable bonds is 4. The minimum Gasteiger partial charge on any atom is -0.283 e. The number of hydrogen-bond acceptors (Lipinski definition) is 3. The highest BCUT2D eigenvalue weighted by atomic mass is 32.2. The van der Waals surface area contributed by atoms with E-state index in [-0.39, 0.29) is 10.8 Å². The molecule has 1 aromatic carbocycles. The smallest absolute Gasteiger partial charge is 0.243 e. The second-order valence-corrected chi connectivity index (χ2v) is 7.67. The largest absolute Gasteiger partial charge is 0.283 e. The van der Waals surface area contributed by atoms with Gasteiger partial charge in [0.1, 0.15) is 0 Å². The van der Waals surface area contributed by atoms with E-state index in [0.717, 1.165) is 36.7 Å². The van der Waals surface area contributed by atoms with Crippen molar-refractivity contribution in [3.63, 3.8) is 0 Å². The molecule has 1 fully saturated rings. The van der Waals surface area contributed by atoms with Gasteiger partial charge >= 0.3 is 0 Å². The second kappa shape index (κ2) is 6.37. The minimum absolute atomic E-state index is 0.171. The van der Waals surface area contributed by atoms with Crippen LogP contribution < -0.4 is 0 Å². The molecule has 23 heavy (non-hydrogen) atoms. The number of aromatic amines is 1. The van der Waals surface area contributed by atoms with E-state index in [1.54, 1.807) is 6.20 Å². The van der Waals surface area contributed by atoms with Crippen molar-refractivity contribution < 1.29 is 17.2 Å². The van der Waals surface area contributed by atoms with Crippen molar-refractivity contribution in [3.05, 3.63) is 47.8 Å². The summed E-state index contributed by atoms with van der Waals surface area (Å²) in [4.78, 5) is -0.210. The first-order chi connectivity index (χ1) is 11.0. The van der Waals surface area contributed by atoms with Crippen molar-refractivity contribution in [2.45, 2.75) is 24.2 Å². The van der Waals surface area contributed by atoms with Gasteiger partial charge in [0.15, 0.2) is 11.6 Å². The topological polar surface area (TPSA) is 66.1 Å². The van der Waals surface area contributed by atoms with Crippen LogP contribution in [-0.2, 0) is 16.4 Å². The molecule has 8 heteroatoms. The summed E-state index contributed by atoms with van der Waals surface area (Å²) in [6.07, 6.45) is 4.03. The maximum atomic E-state index is 13.3. The fourth-order valence-electron chi connectivity index (χ4n) is 2.91. The van der Waals surface area contributed by atoms with E-state index in [2.05, 4.69) is 10.2 Å². The molecule has 1 N–H and O–H groups in total. The van der Waals surface area contributed by atoms with Crippen molar-refractivity contribution in [1.29, 1.82) is 0 Å². The molecule has 0 amide bonds. The molecule has 0 radical (unpaired) electrons. The molecule has 1 aliphatic rings. The molecule has 1 aliphatic heterocycles. The van der Waals surface area contributed by atoms with Crippen molar-refractivity contribution >= 4 is 10.0 Å². The lowest BCUT2D eigenvalue weighted by Gasteiger charge is -2.31. The molecule has 1 atom stereocenters. The van der Waals surface area contributed by atoms with Gasteiger partial charge in [-0.1, -0.05) is 0 Å². The van der Waals surface area contributed by atoms with E-state index in [1.165, 1.54) is 4.31 Å². The Hall–Kier alpha value is -1.80. The third-order valence-electron chi connectivity index (χ3n) is 4.08. The van der Waals surface area contributed by atoms with Crippen LogP contribution in [-0.4, -0.2) is 36.0 Å². The van der Waals surface area contributed by atoms with Gasteiger partial charge < -0.3 is 0 Å². The predicted octanol–water partition coefficient (Wildman–Crippen LogP) is 2.33. The molecule has 124 valence electrons. The Balaban J connectivity index is 1.77. The Labute approximate surface area is 133 Å². The van der Waals surface area contributed by atoms with E-state index in [0.29, 0.717) is 19.5 Å². The highest BCUT2D eigenvalue weighted by molar-refractivity contribution is 7.89. The molecule has 2 heterocycles. The maximum Gasteiger partial charge on any atom is 0.243 e. The third-order valence-corrected chi connectivity index (χ3v) is 5.94. The molecular weight excluding hydrogens is 324 g/mol. The van der Waals surface area contributed by atoms with Gasteiger partial charge in [-0.3, -0.25) is 5.10 Å². The lowest BCUT2D eigenvalue weighted by Crippen LogP contribution is -2.40. The number of piperidine rings is 1. The Bertz CT molecular complexity index is 778. The van der Waals surface area contributed by atoms with Crippen molar-refractivity contribution in [1.82, 2.24) is 14.5 Å². The molecule has 0 saturated carbocycles. The van der Waals surface area contributed by atoms with Crippen molar-refractivity contribution in [2.24, 2.45) is 5.92 Å². The molecule has 5 nitrogen and oxygen atoms in total. The van der Waals surface area contributed by atoms with Gasteiger partial charge in [0.25, 0.3) is 0 Å². The first-order valence-electron chi connectivity index (χ1n) is 7.40. The molecule has 0 bridgehead atoms. The fraction of sp³-hybridized carbons (Fsp3) is 0.400. The molecule has 0 spiro atoms. The molecule has 3 rings (SSSR count). The zero-order valence-electron chi connectivity index (χ0n) is 12.4. The summed E-state index contributed by atoms with van der Waals surface area (Å²) in [5.41, 5.74) is 0.960. The zero-order chi connectivity index (χ0) is 16.4. The Morgan fingerprint density at radius 1 is 1.26 bits per heavy atom. The van der Waals surface area contributed by atoms with Crippen LogP contribution in [0.1, 0.15) is 18.5 Å². The number of sulfonamides is 1. The van der Waals surface area contributed by atoms with E-state index in [9.17, 15) is 17.2 Å². The molecular formula is C15H17F2N3O2S. The van der Waals surface area contributed by atoms with Crippen LogP contribution in [0.25, 0.3) is 0 Å². The first-order valence-corrected chi connectivity index (χ1v) is 8.84. The van der Waals surface area contributed by atoms with Gasteiger partial charge in [0.05, 0.1) is 4.90 Å². The van der Waals surface area contributed by atoms with Gasteiger partial charge in [-0.05, 0) is 49.4 Å². The summed E-state index contributed by atoms with van der Waals surface area (Å²) in [7, 11) is -3.81. The number of benzene rings is 1. The Morgan fingerprint density at radius 3 is 2.78 bits per heavy atom. The summed E-state index contributed by atoms with van der Waals surface area (Å²) < 4.78 is 52.9. The summed E-state index contributed by atoms with van der Waals surface area (Å²) in [6.45, 7) is 0.751. The first kappa shape index (κ1) is 16.1. The lowest BCUT2D eigenvalue weighted by molar-refractivity contribution is 0.264. The van der Waals surface area contributed by atoms with Crippen LogP contribution in [0, 0.1) is 17.6 Å². The summed E-state index contributed by atoms with van der Waals surface area (Å²) >= 11 is 0. The van der Waals surface area contributed by atoms with Gasteiger partial charge in [0.2, 0.25) is 10.0 Å². The number of hydrogen-bond donors (Lipinski definition) is 1. The van der Waals surface area contributed by atoms with Crippen molar-refractivity contribution in [2.75, 3.05) is 13.1 Å². The molecule has 1 aromatic heterocycles. The third kappa shape index (κ3) is 3.42. The molecule has 0 unspecified atom stereocenters. The van der Waals surface area contributed by atoms with Crippen molar-refractivity contribution in [3.8, 4) is 0 Å². The van der Waals surface area contributed by atoms with Gasteiger partial charge in [-0.25, -0.2) is 17.2 Å². The van der Waals surface area contributed by atoms with Crippen LogP contribution >= 0.6 is 0 Å². The second-order valence-electron chi connectivity index (χ2n) is 5.73. The summed E-state index contributed by atoms with van der Waals surface area (Å²) in [5.74, 6) is -2.04. The lowest BCUT2D eigenvalue weighted by atomic mass is 9.95.